The van der Waals surface area contributed by atoms with E-state index in [1.54, 1.807) is 12.4 Å². The highest BCUT2D eigenvalue weighted by Gasteiger charge is 2.16. The van der Waals surface area contributed by atoms with E-state index in [0.29, 0.717) is 12.1 Å². The van der Waals surface area contributed by atoms with Gasteiger partial charge in [0.2, 0.25) is 5.91 Å². The van der Waals surface area contributed by atoms with Gasteiger partial charge in [-0.25, -0.2) is 9.97 Å². The molecular weight excluding hydrogens is 252 g/mol. The Hall–Kier alpha value is -1.49. The summed E-state index contributed by atoms with van der Waals surface area (Å²) in [5.41, 5.74) is 6.00. The van der Waals surface area contributed by atoms with Crippen LogP contribution in [0.3, 0.4) is 0 Å². The Kier molecular flexibility index (Phi) is 6.58. The molecule has 1 aromatic heterocycles. The van der Waals surface area contributed by atoms with Gasteiger partial charge in [0.15, 0.2) is 0 Å². The summed E-state index contributed by atoms with van der Waals surface area (Å²) in [7, 11) is 0. The van der Waals surface area contributed by atoms with Crippen molar-refractivity contribution in [1.82, 2.24) is 9.97 Å². The molecule has 3 N–H and O–H groups in total. The summed E-state index contributed by atoms with van der Waals surface area (Å²) in [6.07, 6.45) is 7.93. The van der Waals surface area contributed by atoms with Crippen LogP contribution >= 0.6 is 0 Å². The number of nitrogens with zero attached hydrogens (tertiary/aromatic N) is 2. The predicted octanol–water partition coefficient (Wildman–Crippen LogP) is 2.62. The van der Waals surface area contributed by atoms with E-state index in [1.807, 2.05) is 0 Å². The van der Waals surface area contributed by atoms with Gasteiger partial charge in [-0.1, -0.05) is 33.6 Å². The van der Waals surface area contributed by atoms with Crippen LogP contribution in [0.5, 0.6) is 0 Å². The van der Waals surface area contributed by atoms with Crippen LogP contribution in [-0.4, -0.2) is 22.4 Å². The minimum absolute atomic E-state index is 0.0184. The number of hydrogen-bond donors (Lipinski definition) is 2. The van der Waals surface area contributed by atoms with Gasteiger partial charge >= 0.3 is 0 Å². The van der Waals surface area contributed by atoms with E-state index >= 15 is 0 Å². The number of carbonyl (C=O) groups excluding carboxylic acids is 1. The van der Waals surface area contributed by atoms with Gasteiger partial charge in [-0.3, -0.25) is 4.79 Å². The van der Waals surface area contributed by atoms with Gasteiger partial charge in [0, 0.05) is 11.8 Å². The first kappa shape index (κ1) is 16.6. The topological polar surface area (TPSA) is 80.9 Å². The Balaban J connectivity index is 2.35. The van der Waals surface area contributed by atoms with E-state index in [4.69, 9.17) is 5.73 Å². The number of unbranched alkanes of at least 4 members (excludes halogenated alkanes) is 3. The van der Waals surface area contributed by atoms with Crippen LogP contribution in [0.25, 0.3) is 0 Å². The monoisotopic (exact) mass is 278 g/mol. The minimum Gasteiger partial charge on any atom is -0.330 e. The van der Waals surface area contributed by atoms with Gasteiger partial charge in [-0.05, 0) is 19.4 Å². The number of hydrogen-bond acceptors (Lipinski definition) is 4. The molecule has 0 radical (unpaired) electrons. The summed E-state index contributed by atoms with van der Waals surface area (Å²) in [5, 5.41) is 2.82. The molecule has 1 heterocycles. The van der Waals surface area contributed by atoms with Crippen molar-refractivity contribution in [3.05, 3.63) is 18.2 Å². The second kappa shape index (κ2) is 7.94. The molecule has 1 rings (SSSR count). The maximum absolute atomic E-state index is 11.7. The first-order chi connectivity index (χ1) is 9.43. The largest absolute Gasteiger partial charge is 0.330 e. The summed E-state index contributed by atoms with van der Waals surface area (Å²) >= 11 is 0. The van der Waals surface area contributed by atoms with Gasteiger partial charge in [0.1, 0.15) is 5.82 Å². The van der Waals surface area contributed by atoms with Crippen molar-refractivity contribution >= 4 is 11.6 Å². The predicted molar refractivity (Wildman–Crippen MR) is 81.5 cm³/mol. The van der Waals surface area contributed by atoms with Crippen LogP contribution < -0.4 is 11.1 Å². The SMILES string of the molecule is CC(C)(C)c1ncc(NC(=O)CCCCCCN)cn1. The molecule has 0 aliphatic heterocycles. The van der Waals surface area contributed by atoms with Crippen molar-refractivity contribution in [3.8, 4) is 0 Å². The average Bonchev–Trinajstić information content (AvgIpc) is 2.38. The number of carbonyl (C=O) groups is 1. The summed E-state index contributed by atoms with van der Waals surface area (Å²) in [6, 6.07) is 0. The number of amides is 1. The molecule has 0 saturated heterocycles. The molecule has 112 valence electrons. The Bertz CT molecular complexity index is 409. The Morgan fingerprint density at radius 2 is 1.75 bits per heavy atom. The zero-order chi connectivity index (χ0) is 15.0. The van der Waals surface area contributed by atoms with Gasteiger partial charge in [0.25, 0.3) is 0 Å². The third-order valence-corrected chi connectivity index (χ3v) is 2.96. The molecule has 0 unspecified atom stereocenters. The lowest BCUT2D eigenvalue weighted by atomic mass is 9.96. The smallest absolute Gasteiger partial charge is 0.224 e. The van der Waals surface area contributed by atoms with E-state index in [2.05, 4.69) is 36.1 Å². The molecule has 20 heavy (non-hydrogen) atoms. The number of anilines is 1. The van der Waals surface area contributed by atoms with E-state index in [0.717, 1.165) is 38.1 Å². The molecule has 0 saturated carbocycles. The fraction of sp³-hybridized carbons (Fsp3) is 0.667. The molecule has 0 bridgehead atoms. The normalized spacial score (nSPS) is 11.4. The Morgan fingerprint density at radius 3 is 2.30 bits per heavy atom. The summed E-state index contributed by atoms with van der Waals surface area (Å²) in [5.74, 6) is 0.794. The lowest BCUT2D eigenvalue weighted by Crippen LogP contribution is -2.17. The quantitative estimate of drug-likeness (QED) is 0.751. The standard InChI is InChI=1S/C15H26N4O/c1-15(2,3)14-17-10-12(11-18-14)19-13(20)8-6-4-5-7-9-16/h10-11H,4-9,16H2,1-3H3,(H,19,20). The Labute approximate surface area is 121 Å². The maximum atomic E-state index is 11.7. The molecule has 0 aliphatic carbocycles. The number of aromatic nitrogens is 2. The molecule has 5 nitrogen and oxygen atoms in total. The Morgan fingerprint density at radius 1 is 1.15 bits per heavy atom. The van der Waals surface area contributed by atoms with E-state index in [-0.39, 0.29) is 11.3 Å². The van der Waals surface area contributed by atoms with Gasteiger partial charge in [-0.2, -0.15) is 0 Å². The van der Waals surface area contributed by atoms with Crippen LogP contribution in [0.1, 0.15) is 58.7 Å². The molecule has 1 amide bonds. The molecule has 0 atom stereocenters. The zero-order valence-electron chi connectivity index (χ0n) is 12.8. The number of nitrogens with two attached hydrogens (primary N) is 1. The van der Waals surface area contributed by atoms with Crippen LogP contribution in [0.15, 0.2) is 12.4 Å². The number of nitrogens with one attached hydrogen (secondary N) is 1. The van der Waals surface area contributed by atoms with E-state index in [9.17, 15) is 4.79 Å². The molecule has 0 spiro atoms. The summed E-state index contributed by atoms with van der Waals surface area (Å²) in [4.78, 5) is 20.3. The minimum atomic E-state index is -0.0778. The summed E-state index contributed by atoms with van der Waals surface area (Å²) < 4.78 is 0. The fourth-order valence-electron chi connectivity index (χ4n) is 1.79. The third-order valence-electron chi connectivity index (χ3n) is 2.96. The second-order valence-electron chi connectivity index (χ2n) is 6.05. The lowest BCUT2D eigenvalue weighted by Gasteiger charge is -2.16. The number of rotatable bonds is 7. The van der Waals surface area contributed by atoms with Crippen molar-refractivity contribution in [2.24, 2.45) is 5.73 Å². The van der Waals surface area contributed by atoms with Crippen molar-refractivity contribution in [2.75, 3.05) is 11.9 Å². The zero-order valence-corrected chi connectivity index (χ0v) is 12.8. The van der Waals surface area contributed by atoms with Crippen LogP contribution in [0.4, 0.5) is 5.69 Å². The van der Waals surface area contributed by atoms with Crippen molar-refractivity contribution in [3.63, 3.8) is 0 Å². The van der Waals surface area contributed by atoms with Crippen LogP contribution in [0.2, 0.25) is 0 Å². The highest BCUT2D eigenvalue weighted by atomic mass is 16.1. The maximum Gasteiger partial charge on any atom is 0.224 e. The van der Waals surface area contributed by atoms with Crippen molar-refractivity contribution in [1.29, 1.82) is 0 Å². The summed E-state index contributed by atoms with van der Waals surface area (Å²) in [6.45, 7) is 6.90. The van der Waals surface area contributed by atoms with Crippen LogP contribution in [-0.2, 0) is 10.2 Å². The van der Waals surface area contributed by atoms with E-state index < -0.39 is 0 Å². The lowest BCUT2D eigenvalue weighted by molar-refractivity contribution is -0.116. The molecule has 5 heteroatoms. The van der Waals surface area contributed by atoms with Crippen molar-refractivity contribution in [2.45, 2.75) is 58.3 Å². The average molecular weight is 278 g/mol. The second-order valence-corrected chi connectivity index (χ2v) is 6.05. The molecule has 1 aromatic rings. The first-order valence-corrected chi connectivity index (χ1v) is 7.26. The first-order valence-electron chi connectivity index (χ1n) is 7.26. The molecular formula is C15H26N4O. The van der Waals surface area contributed by atoms with Gasteiger partial charge in [-0.15, -0.1) is 0 Å². The highest BCUT2D eigenvalue weighted by Crippen LogP contribution is 2.18. The van der Waals surface area contributed by atoms with Crippen LogP contribution in [0, 0.1) is 0 Å². The highest BCUT2D eigenvalue weighted by molar-refractivity contribution is 5.90. The van der Waals surface area contributed by atoms with Crippen molar-refractivity contribution < 1.29 is 4.79 Å². The fourth-order valence-corrected chi connectivity index (χ4v) is 1.79. The third kappa shape index (κ3) is 6.10. The van der Waals surface area contributed by atoms with Gasteiger partial charge in [0.05, 0.1) is 18.1 Å². The molecule has 0 fully saturated rings. The van der Waals surface area contributed by atoms with E-state index in [1.165, 1.54) is 0 Å². The molecule has 0 aliphatic rings. The van der Waals surface area contributed by atoms with Gasteiger partial charge < -0.3 is 11.1 Å². The molecule has 0 aromatic carbocycles.